The van der Waals surface area contributed by atoms with Gasteiger partial charge in [-0.15, -0.1) is 0 Å². The number of anilines is 1. The van der Waals surface area contributed by atoms with Gasteiger partial charge < -0.3 is 9.73 Å². The highest BCUT2D eigenvalue weighted by Crippen LogP contribution is 2.21. The minimum Gasteiger partial charge on any atom is -0.472 e. The van der Waals surface area contributed by atoms with Crippen molar-refractivity contribution in [3.05, 3.63) is 66.1 Å². The van der Waals surface area contributed by atoms with Crippen molar-refractivity contribution in [3.8, 4) is 11.3 Å². The van der Waals surface area contributed by atoms with E-state index in [1.54, 1.807) is 36.8 Å². The molecule has 24 heavy (non-hydrogen) atoms. The average Bonchev–Trinajstić information content (AvgIpc) is 2.98. The molecule has 0 bridgehead atoms. The molecule has 0 fully saturated rings. The lowest BCUT2D eigenvalue weighted by Crippen LogP contribution is -2.02. The van der Waals surface area contributed by atoms with Crippen LogP contribution in [-0.2, 0) is 16.4 Å². The summed E-state index contributed by atoms with van der Waals surface area (Å²) >= 11 is 0. The number of benzene rings is 1. The topological polar surface area (TPSA) is 72.2 Å². The van der Waals surface area contributed by atoms with Gasteiger partial charge in [-0.25, -0.2) is 13.4 Å². The van der Waals surface area contributed by atoms with Gasteiger partial charge in [-0.05, 0) is 36.8 Å². The van der Waals surface area contributed by atoms with Crippen molar-refractivity contribution < 1.29 is 12.8 Å². The third kappa shape index (κ3) is 3.65. The summed E-state index contributed by atoms with van der Waals surface area (Å²) in [5.74, 6) is 0.750. The number of sulfone groups is 1. The molecule has 0 aliphatic rings. The van der Waals surface area contributed by atoms with Gasteiger partial charge in [0.2, 0.25) is 0 Å². The molecular formula is C18H18N2O3S. The number of rotatable bonds is 5. The second-order valence-electron chi connectivity index (χ2n) is 5.64. The number of aromatic nitrogens is 1. The monoisotopic (exact) mass is 342 g/mol. The average molecular weight is 342 g/mol. The van der Waals surface area contributed by atoms with E-state index in [0.29, 0.717) is 11.4 Å². The maximum Gasteiger partial charge on any atom is 0.175 e. The Morgan fingerprint density at radius 1 is 1.08 bits per heavy atom. The van der Waals surface area contributed by atoms with Gasteiger partial charge in [-0.1, -0.05) is 18.2 Å². The van der Waals surface area contributed by atoms with Crippen LogP contribution in [0.3, 0.4) is 0 Å². The highest BCUT2D eigenvalue weighted by atomic mass is 32.2. The van der Waals surface area contributed by atoms with Crippen LogP contribution < -0.4 is 5.32 Å². The summed E-state index contributed by atoms with van der Waals surface area (Å²) in [6, 6.07) is 12.4. The normalized spacial score (nSPS) is 11.4. The first-order valence-corrected chi connectivity index (χ1v) is 9.36. The van der Waals surface area contributed by atoms with Crippen molar-refractivity contribution in [1.82, 2.24) is 4.98 Å². The molecule has 2 heterocycles. The highest BCUT2D eigenvalue weighted by Gasteiger charge is 2.08. The van der Waals surface area contributed by atoms with E-state index in [-0.39, 0.29) is 0 Å². The molecule has 0 aliphatic carbocycles. The quantitative estimate of drug-likeness (QED) is 0.766. The molecule has 0 aliphatic heterocycles. The van der Waals surface area contributed by atoms with Crippen LogP contribution in [0.25, 0.3) is 11.3 Å². The van der Waals surface area contributed by atoms with Gasteiger partial charge in [0.15, 0.2) is 9.84 Å². The first-order valence-electron chi connectivity index (χ1n) is 7.46. The Kier molecular flexibility index (Phi) is 4.40. The number of hydrogen-bond donors (Lipinski definition) is 1. The maximum absolute atomic E-state index is 11.5. The number of nitrogens with one attached hydrogen (secondary N) is 1. The van der Waals surface area contributed by atoms with E-state index in [1.165, 1.54) is 6.26 Å². The van der Waals surface area contributed by atoms with Gasteiger partial charge in [0.05, 0.1) is 23.1 Å². The van der Waals surface area contributed by atoms with Crippen LogP contribution in [-0.4, -0.2) is 19.7 Å². The molecule has 3 rings (SSSR count). The van der Waals surface area contributed by atoms with Gasteiger partial charge in [0.25, 0.3) is 0 Å². The molecule has 6 heteroatoms. The summed E-state index contributed by atoms with van der Waals surface area (Å²) in [5.41, 5.74) is 3.82. The van der Waals surface area contributed by atoms with Crippen molar-refractivity contribution in [2.45, 2.75) is 18.4 Å². The highest BCUT2D eigenvalue weighted by molar-refractivity contribution is 7.90. The number of furan rings is 1. The molecule has 0 saturated heterocycles. The van der Waals surface area contributed by atoms with Gasteiger partial charge in [-0.2, -0.15) is 0 Å². The summed E-state index contributed by atoms with van der Waals surface area (Å²) in [6.45, 7) is 2.62. The summed E-state index contributed by atoms with van der Waals surface area (Å²) in [5, 5.41) is 3.27. The first kappa shape index (κ1) is 16.3. The molecule has 1 aromatic carbocycles. The zero-order valence-electron chi connectivity index (χ0n) is 13.5. The fourth-order valence-corrected chi connectivity index (χ4v) is 2.95. The van der Waals surface area contributed by atoms with Gasteiger partial charge in [0, 0.05) is 23.9 Å². The number of aryl methyl sites for hydroxylation is 1. The zero-order valence-corrected chi connectivity index (χ0v) is 14.3. The molecule has 0 amide bonds. The van der Waals surface area contributed by atoms with Crippen LogP contribution in [0.4, 0.5) is 5.82 Å². The summed E-state index contributed by atoms with van der Waals surface area (Å²) < 4.78 is 28.2. The van der Waals surface area contributed by atoms with Crippen molar-refractivity contribution >= 4 is 15.7 Å². The Labute approximate surface area is 141 Å². The SMILES string of the molecule is Cc1cocc1CNc1cccc(-c2ccc(S(C)(=O)=O)cc2)n1. The third-order valence-corrected chi connectivity index (χ3v) is 4.88. The third-order valence-electron chi connectivity index (χ3n) is 3.75. The first-order chi connectivity index (χ1) is 11.4. The minimum absolute atomic E-state index is 0.302. The number of hydrogen-bond acceptors (Lipinski definition) is 5. The van der Waals surface area contributed by atoms with E-state index in [1.807, 2.05) is 25.1 Å². The van der Waals surface area contributed by atoms with Crippen LogP contribution in [0.15, 0.2) is 64.3 Å². The minimum atomic E-state index is -3.19. The molecule has 0 unspecified atom stereocenters. The van der Waals surface area contributed by atoms with Crippen molar-refractivity contribution in [2.24, 2.45) is 0 Å². The summed E-state index contributed by atoms with van der Waals surface area (Å²) in [6.07, 6.45) is 4.63. The molecule has 2 aromatic heterocycles. The standard InChI is InChI=1S/C18H18N2O3S/c1-13-11-23-12-15(13)10-19-18-5-3-4-17(20-18)14-6-8-16(9-7-14)24(2,21)22/h3-9,11-12H,10H2,1-2H3,(H,19,20). The lowest BCUT2D eigenvalue weighted by molar-refractivity contribution is 0.563. The van der Waals surface area contributed by atoms with Gasteiger partial charge in [-0.3, -0.25) is 0 Å². The van der Waals surface area contributed by atoms with Crippen molar-refractivity contribution in [3.63, 3.8) is 0 Å². The van der Waals surface area contributed by atoms with Crippen LogP contribution in [0.1, 0.15) is 11.1 Å². The number of pyridine rings is 1. The summed E-state index contributed by atoms with van der Waals surface area (Å²) in [4.78, 5) is 4.87. The molecule has 3 aromatic rings. The van der Waals surface area contributed by atoms with E-state index in [4.69, 9.17) is 4.42 Å². The zero-order chi connectivity index (χ0) is 17.2. The lowest BCUT2D eigenvalue weighted by atomic mass is 10.1. The molecule has 1 N–H and O–H groups in total. The van der Waals surface area contributed by atoms with Crippen molar-refractivity contribution in [1.29, 1.82) is 0 Å². The molecule has 124 valence electrons. The van der Waals surface area contributed by atoms with Crippen LogP contribution >= 0.6 is 0 Å². The number of nitrogens with zero attached hydrogens (tertiary/aromatic N) is 1. The van der Waals surface area contributed by atoms with Crippen LogP contribution in [0, 0.1) is 6.92 Å². The smallest absolute Gasteiger partial charge is 0.175 e. The second-order valence-corrected chi connectivity index (χ2v) is 7.65. The molecular weight excluding hydrogens is 324 g/mol. The molecule has 5 nitrogen and oxygen atoms in total. The van der Waals surface area contributed by atoms with E-state index < -0.39 is 9.84 Å². The molecule has 0 spiro atoms. The fraction of sp³-hybridized carbons (Fsp3) is 0.167. The predicted molar refractivity (Wildman–Crippen MR) is 93.6 cm³/mol. The Morgan fingerprint density at radius 2 is 1.83 bits per heavy atom. The van der Waals surface area contributed by atoms with E-state index >= 15 is 0 Å². The Hall–Kier alpha value is -2.60. The summed E-state index contributed by atoms with van der Waals surface area (Å²) in [7, 11) is -3.19. The predicted octanol–water partition coefficient (Wildman–Crippen LogP) is 3.67. The van der Waals surface area contributed by atoms with Crippen LogP contribution in [0.5, 0.6) is 0 Å². The largest absolute Gasteiger partial charge is 0.472 e. The Balaban J connectivity index is 1.79. The van der Waals surface area contributed by atoms with Crippen molar-refractivity contribution in [2.75, 3.05) is 11.6 Å². The Morgan fingerprint density at radius 3 is 2.46 bits per heavy atom. The molecule has 0 saturated carbocycles. The second kappa shape index (κ2) is 6.49. The Bertz CT molecular complexity index is 944. The van der Waals surface area contributed by atoms with E-state index in [2.05, 4.69) is 10.3 Å². The lowest BCUT2D eigenvalue weighted by Gasteiger charge is -2.08. The fourth-order valence-electron chi connectivity index (χ4n) is 2.32. The molecule has 0 atom stereocenters. The van der Waals surface area contributed by atoms with E-state index in [0.717, 1.165) is 28.2 Å². The van der Waals surface area contributed by atoms with Crippen LogP contribution in [0.2, 0.25) is 0 Å². The maximum atomic E-state index is 11.5. The van der Waals surface area contributed by atoms with E-state index in [9.17, 15) is 8.42 Å². The molecule has 0 radical (unpaired) electrons. The van der Waals surface area contributed by atoms with Gasteiger partial charge >= 0.3 is 0 Å². The van der Waals surface area contributed by atoms with Gasteiger partial charge in [0.1, 0.15) is 5.82 Å².